The van der Waals surface area contributed by atoms with E-state index in [1.54, 1.807) is 18.2 Å². The summed E-state index contributed by atoms with van der Waals surface area (Å²) in [5.41, 5.74) is 0.663. The highest BCUT2D eigenvalue weighted by atomic mass is 19.1. The number of hydrogen-bond donors (Lipinski definition) is 0. The minimum absolute atomic E-state index is 0.0426. The number of para-hydroxylation sites is 1. The molecule has 0 aliphatic heterocycles. The number of methoxy groups -OCH3 is 1. The maximum atomic E-state index is 13.5. The SMILES string of the molecule is COc1c(F)cccc1-c1ccc[c]c1F. The lowest BCUT2D eigenvalue weighted by Gasteiger charge is -2.09. The normalized spacial score (nSPS) is 10.2. The van der Waals surface area contributed by atoms with Crippen LogP contribution in [0.3, 0.4) is 0 Å². The first-order valence-electron chi connectivity index (χ1n) is 4.73. The summed E-state index contributed by atoms with van der Waals surface area (Å²) in [6, 6.07) is 11.5. The Morgan fingerprint density at radius 3 is 2.50 bits per heavy atom. The minimum atomic E-state index is -0.522. The van der Waals surface area contributed by atoms with E-state index in [9.17, 15) is 8.78 Å². The Morgan fingerprint density at radius 1 is 1.06 bits per heavy atom. The summed E-state index contributed by atoms with van der Waals surface area (Å²) in [6.07, 6.45) is 0. The van der Waals surface area contributed by atoms with Crippen LogP contribution in [-0.2, 0) is 0 Å². The highest BCUT2D eigenvalue weighted by Gasteiger charge is 2.13. The van der Waals surface area contributed by atoms with Crippen molar-refractivity contribution in [3.63, 3.8) is 0 Å². The van der Waals surface area contributed by atoms with Crippen molar-refractivity contribution >= 4 is 0 Å². The highest BCUT2D eigenvalue weighted by Crippen LogP contribution is 2.33. The van der Waals surface area contributed by atoms with E-state index in [0.29, 0.717) is 5.56 Å². The van der Waals surface area contributed by atoms with Crippen molar-refractivity contribution in [3.8, 4) is 16.9 Å². The van der Waals surface area contributed by atoms with E-state index in [0.717, 1.165) is 0 Å². The molecule has 0 saturated carbocycles. The molecule has 2 aromatic carbocycles. The lowest BCUT2D eigenvalue weighted by molar-refractivity contribution is 0.388. The highest BCUT2D eigenvalue weighted by molar-refractivity contribution is 5.71. The lowest BCUT2D eigenvalue weighted by Crippen LogP contribution is -1.93. The second kappa shape index (κ2) is 4.31. The standard InChI is InChI=1S/C13H9F2O/c1-16-13-10(6-4-8-12(13)15)9-5-2-3-7-11(9)14/h2-6,8H,1H3. The summed E-state index contributed by atoms with van der Waals surface area (Å²) in [6.45, 7) is 0. The van der Waals surface area contributed by atoms with Gasteiger partial charge in [-0.2, -0.15) is 0 Å². The number of hydrogen-bond acceptors (Lipinski definition) is 1. The Labute approximate surface area is 92.3 Å². The zero-order chi connectivity index (χ0) is 11.5. The molecule has 1 nitrogen and oxygen atoms in total. The van der Waals surface area contributed by atoms with Crippen molar-refractivity contribution in [2.24, 2.45) is 0 Å². The van der Waals surface area contributed by atoms with Gasteiger partial charge in [-0.05, 0) is 6.07 Å². The molecule has 3 heteroatoms. The number of rotatable bonds is 2. The van der Waals surface area contributed by atoms with E-state index in [2.05, 4.69) is 6.07 Å². The molecule has 0 aliphatic rings. The second-order valence-electron chi connectivity index (χ2n) is 3.22. The largest absolute Gasteiger partial charge is 0.493 e. The molecule has 2 aromatic rings. The quantitative estimate of drug-likeness (QED) is 0.751. The van der Waals surface area contributed by atoms with E-state index >= 15 is 0 Å². The zero-order valence-corrected chi connectivity index (χ0v) is 8.63. The predicted octanol–water partition coefficient (Wildman–Crippen LogP) is 3.44. The van der Waals surface area contributed by atoms with Gasteiger partial charge in [0.2, 0.25) is 0 Å². The van der Waals surface area contributed by atoms with Gasteiger partial charge in [-0.3, -0.25) is 0 Å². The third-order valence-electron chi connectivity index (χ3n) is 2.27. The topological polar surface area (TPSA) is 9.23 Å². The Morgan fingerprint density at radius 2 is 1.81 bits per heavy atom. The summed E-state index contributed by atoms with van der Waals surface area (Å²) in [7, 11) is 1.35. The number of benzene rings is 2. The van der Waals surface area contributed by atoms with Gasteiger partial charge in [0, 0.05) is 17.2 Å². The molecule has 0 N–H and O–H groups in total. The van der Waals surface area contributed by atoms with E-state index in [4.69, 9.17) is 4.74 Å². The van der Waals surface area contributed by atoms with Gasteiger partial charge in [0.05, 0.1) is 7.11 Å². The lowest BCUT2D eigenvalue weighted by atomic mass is 10.0. The first kappa shape index (κ1) is 10.6. The van der Waals surface area contributed by atoms with Crippen LogP contribution in [0.1, 0.15) is 0 Å². The zero-order valence-electron chi connectivity index (χ0n) is 8.63. The fourth-order valence-electron chi connectivity index (χ4n) is 1.55. The van der Waals surface area contributed by atoms with Crippen LogP contribution in [0.15, 0.2) is 36.4 Å². The molecule has 0 saturated heterocycles. The summed E-state index contributed by atoms with van der Waals surface area (Å²) >= 11 is 0. The van der Waals surface area contributed by atoms with E-state index in [1.807, 2.05) is 0 Å². The predicted molar refractivity (Wildman–Crippen MR) is 57.2 cm³/mol. The number of halogens is 2. The van der Waals surface area contributed by atoms with Gasteiger partial charge in [0.1, 0.15) is 5.82 Å². The van der Waals surface area contributed by atoms with Gasteiger partial charge >= 0.3 is 0 Å². The van der Waals surface area contributed by atoms with Gasteiger partial charge in [-0.15, -0.1) is 0 Å². The van der Waals surface area contributed by atoms with Gasteiger partial charge in [0.25, 0.3) is 0 Å². The van der Waals surface area contributed by atoms with Crippen molar-refractivity contribution in [2.45, 2.75) is 0 Å². The molecule has 0 fully saturated rings. The first-order chi connectivity index (χ1) is 7.74. The third kappa shape index (κ3) is 1.76. The maximum absolute atomic E-state index is 13.5. The fourth-order valence-corrected chi connectivity index (χ4v) is 1.55. The van der Waals surface area contributed by atoms with Crippen LogP contribution in [0.2, 0.25) is 0 Å². The molecule has 1 radical (unpaired) electrons. The maximum Gasteiger partial charge on any atom is 0.165 e. The Kier molecular flexibility index (Phi) is 2.86. The molecular weight excluding hydrogens is 210 g/mol. The van der Waals surface area contributed by atoms with Gasteiger partial charge in [-0.25, -0.2) is 8.78 Å². The van der Waals surface area contributed by atoms with Crippen LogP contribution in [-0.4, -0.2) is 7.11 Å². The van der Waals surface area contributed by atoms with Crippen molar-refractivity contribution < 1.29 is 13.5 Å². The minimum Gasteiger partial charge on any atom is -0.493 e. The van der Waals surface area contributed by atoms with Crippen molar-refractivity contribution in [3.05, 3.63) is 54.1 Å². The summed E-state index contributed by atoms with van der Waals surface area (Å²) in [4.78, 5) is 0. The van der Waals surface area contributed by atoms with Gasteiger partial charge in [0.15, 0.2) is 11.6 Å². The third-order valence-corrected chi connectivity index (χ3v) is 2.27. The first-order valence-corrected chi connectivity index (χ1v) is 4.73. The molecule has 0 aromatic heterocycles. The Hall–Kier alpha value is -1.90. The molecule has 0 unspecified atom stereocenters. The summed E-state index contributed by atoms with van der Waals surface area (Å²) < 4.78 is 31.8. The van der Waals surface area contributed by atoms with Crippen molar-refractivity contribution in [1.82, 2.24) is 0 Å². The monoisotopic (exact) mass is 219 g/mol. The molecule has 81 valence electrons. The molecule has 0 heterocycles. The van der Waals surface area contributed by atoms with Crippen LogP contribution in [0.4, 0.5) is 8.78 Å². The summed E-state index contributed by atoms with van der Waals surface area (Å²) in [5, 5.41) is 0. The molecule has 0 amide bonds. The summed E-state index contributed by atoms with van der Waals surface area (Å²) in [5.74, 6) is -0.990. The van der Waals surface area contributed by atoms with Crippen molar-refractivity contribution in [2.75, 3.05) is 7.11 Å². The van der Waals surface area contributed by atoms with Gasteiger partial charge < -0.3 is 4.74 Å². The number of ether oxygens (including phenoxy) is 1. The second-order valence-corrected chi connectivity index (χ2v) is 3.22. The fraction of sp³-hybridized carbons (Fsp3) is 0.0769. The van der Waals surface area contributed by atoms with Gasteiger partial charge in [-0.1, -0.05) is 30.3 Å². The van der Waals surface area contributed by atoms with E-state index < -0.39 is 11.6 Å². The van der Waals surface area contributed by atoms with Crippen LogP contribution in [0, 0.1) is 17.7 Å². The Bertz CT molecular complexity index is 509. The average molecular weight is 219 g/mol. The molecule has 16 heavy (non-hydrogen) atoms. The average Bonchev–Trinajstić information content (AvgIpc) is 2.29. The molecular formula is C13H9F2O. The molecule has 0 spiro atoms. The van der Waals surface area contributed by atoms with Crippen LogP contribution in [0.5, 0.6) is 5.75 Å². The Balaban J connectivity index is 2.65. The smallest absolute Gasteiger partial charge is 0.165 e. The van der Waals surface area contributed by atoms with Crippen LogP contribution < -0.4 is 4.74 Å². The van der Waals surface area contributed by atoms with Crippen molar-refractivity contribution in [1.29, 1.82) is 0 Å². The molecule has 0 bridgehead atoms. The molecule has 0 atom stereocenters. The van der Waals surface area contributed by atoms with Crippen LogP contribution >= 0.6 is 0 Å². The molecule has 0 aliphatic carbocycles. The van der Waals surface area contributed by atoms with Crippen LogP contribution in [0.25, 0.3) is 11.1 Å². The van der Waals surface area contributed by atoms with E-state index in [1.165, 1.54) is 25.3 Å². The van der Waals surface area contributed by atoms with E-state index in [-0.39, 0.29) is 11.3 Å². The molecule has 2 rings (SSSR count).